The highest BCUT2D eigenvalue weighted by molar-refractivity contribution is 5.65. The summed E-state index contributed by atoms with van der Waals surface area (Å²) < 4.78 is 11.1. The molecule has 4 nitrogen and oxygen atoms in total. The average molecular weight is 256 g/mol. The Hall–Kier alpha value is -2.36. The van der Waals surface area contributed by atoms with Crippen LogP contribution in [0.25, 0.3) is 0 Å². The molecule has 0 fully saturated rings. The van der Waals surface area contributed by atoms with Crippen LogP contribution in [-0.4, -0.2) is 20.3 Å². The molecule has 2 aromatic carbocycles. The van der Waals surface area contributed by atoms with Crippen molar-refractivity contribution in [1.29, 1.82) is 0 Å². The summed E-state index contributed by atoms with van der Waals surface area (Å²) in [5, 5.41) is 6.44. The Morgan fingerprint density at radius 2 is 1.42 bits per heavy atom. The van der Waals surface area contributed by atoms with Crippen LogP contribution in [0.2, 0.25) is 0 Å². The van der Waals surface area contributed by atoms with Gasteiger partial charge in [0, 0.05) is 30.2 Å². The minimum atomic E-state index is 0.604. The average Bonchev–Trinajstić information content (AvgIpc) is 2.48. The van der Waals surface area contributed by atoms with Gasteiger partial charge in [-0.1, -0.05) is 0 Å². The summed E-state index contributed by atoms with van der Waals surface area (Å²) in [6, 6.07) is 14.0. The topological polar surface area (TPSA) is 42.5 Å². The molecule has 4 heteroatoms. The number of anilines is 3. The van der Waals surface area contributed by atoms with Crippen molar-refractivity contribution < 1.29 is 9.47 Å². The molecule has 19 heavy (non-hydrogen) atoms. The van der Waals surface area contributed by atoms with Gasteiger partial charge in [-0.3, -0.25) is 0 Å². The van der Waals surface area contributed by atoms with Gasteiger partial charge in [0.1, 0.15) is 13.2 Å². The molecule has 2 N–H and O–H groups in total. The van der Waals surface area contributed by atoms with Crippen molar-refractivity contribution in [2.24, 2.45) is 0 Å². The van der Waals surface area contributed by atoms with Gasteiger partial charge < -0.3 is 20.1 Å². The van der Waals surface area contributed by atoms with Gasteiger partial charge in [-0.05, 0) is 36.4 Å². The third kappa shape index (κ3) is 2.57. The maximum Gasteiger partial charge on any atom is 0.163 e. The summed E-state index contributed by atoms with van der Waals surface area (Å²) in [4.78, 5) is 0. The van der Waals surface area contributed by atoms with E-state index in [2.05, 4.69) is 10.6 Å². The van der Waals surface area contributed by atoms with Crippen LogP contribution >= 0.6 is 0 Å². The molecule has 0 radical (unpaired) electrons. The summed E-state index contributed by atoms with van der Waals surface area (Å²) in [7, 11) is 1.91. The molecular formula is C15H16N2O2. The predicted octanol–water partition coefficient (Wildman–Crippen LogP) is 3.24. The van der Waals surface area contributed by atoms with E-state index in [-0.39, 0.29) is 0 Å². The molecule has 1 aliphatic rings. The molecule has 0 aliphatic carbocycles. The summed E-state index contributed by atoms with van der Waals surface area (Å²) in [5.74, 6) is 1.60. The Labute approximate surface area is 112 Å². The predicted molar refractivity (Wildman–Crippen MR) is 76.7 cm³/mol. The second-order valence-corrected chi connectivity index (χ2v) is 4.31. The highest BCUT2D eigenvalue weighted by Crippen LogP contribution is 2.33. The molecule has 0 amide bonds. The normalized spacial score (nSPS) is 12.9. The third-order valence-electron chi connectivity index (χ3n) is 3.00. The molecule has 0 spiro atoms. The van der Waals surface area contributed by atoms with Crippen molar-refractivity contribution in [2.45, 2.75) is 0 Å². The van der Waals surface area contributed by atoms with Crippen molar-refractivity contribution in [1.82, 2.24) is 0 Å². The smallest absolute Gasteiger partial charge is 0.163 e. The minimum Gasteiger partial charge on any atom is -0.486 e. The molecular weight excluding hydrogens is 240 g/mol. The van der Waals surface area contributed by atoms with Crippen molar-refractivity contribution in [2.75, 3.05) is 30.9 Å². The summed E-state index contributed by atoms with van der Waals surface area (Å²) >= 11 is 0. The molecule has 3 rings (SSSR count). The van der Waals surface area contributed by atoms with Gasteiger partial charge in [-0.25, -0.2) is 0 Å². The third-order valence-corrected chi connectivity index (χ3v) is 3.00. The minimum absolute atomic E-state index is 0.604. The quantitative estimate of drug-likeness (QED) is 0.884. The van der Waals surface area contributed by atoms with E-state index in [9.17, 15) is 0 Å². The maximum atomic E-state index is 5.56. The van der Waals surface area contributed by atoms with Crippen molar-refractivity contribution in [3.8, 4) is 11.5 Å². The fraction of sp³-hybridized carbons (Fsp3) is 0.200. The van der Waals surface area contributed by atoms with E-state index in [0.717, 1.165) is 28.6 Å². The van der Waals surface area contributed by atoms with Gasteiger partial charge in [-0.15, -0.1) is 0 Å². The molecule has 1 aliphatic heterocycles. The van der Waals surface area contributed by atoms with Crippen LogP contribution in [0, 0.1) is 0 Å². The maximum absolute atomic E-state index is 5.56. The molecule has 0 saturated heterocycles. The number of nitrogens with one attached hydrogen (secondary N) is 2. The van der Waals surface area contributed by atoms with Crippen LogP contribution in [0.4, 0.5) is 17.1 Å². The molecule has 98 valence electrons. The second-order valence-electron chi connectivity index (χ2n) is 4.31. The van der Waals surface area contributed by atoms with E-state index in [1.807, 2.05) is 49.5 Å². The summed E-state index contributed by atoms with van der Waals surface area (Å²) in [6.45, 7) is 1.22. The standard InChI is InChI=1S/C15H16N2O2/c1-16-11-2-4-12(5-3-11)17-13-6-7-14-15(10-13)19-9-8-18-14/h2-7,10,16-17H,8-9H2,1H3. The largest absolute Gasteiger partial charge is 0.486 e. The Morgan fingerprint density at radius 3 is 2.16 bits per heavy atom. The van der Waals surface area contributed by atoms with Crippen LogP contribution in [0.3, 0.4) is 0 Å². The monoisotopic (exact) mass is 256 g/mol. The zero-order valence-electron chi connectivity index (χ0n) is 10.8. The lowest BCUT2D eigenvalue weighted by Gasteiger charge is -2.19. The van der Waals surface area contributed by atoms with Gasteiger partial charge >= 0.3 is 0 Å². The highest BCUT2D eigenvalue weighted by atomic mass is 16.6. The number of rotatable bonds is 3. The van der Waals surface area contributed by atoms with E-state index in [1.165, 1.54) is 0 Å². The molecule has 0 bridgehead atoms. The van der Waals surface area contributed by atoms with E-state index in [0.29, 0.717) is 13.2 Å². The lowest BCUT2D eigenvalue weighted by Crippen LogP contribution is -2.15. The number of fused-ring (bicyclic) bond motifs is 1. The number of ether oxygens (including phenoxy) is 2. The van der Waals surface area contributed by atoms with Crippen molar-refractivity contribution in [3.63, 3.8) is 0 Å². The molecule has 0 aromatic heterocycles. The van der Waals surface area contributed by atoms with Crippen molar-refractivity contribution in [3.05, 3.63) is 42.5 Å². The van der Waals surface area contributed by atoms with Gasteiger partial charge in [-0.2, -0.15) is 0 Å². The SMILES string of the molecule is CNc1ccc(Nc2ccc3c(c2)OCCO3)cc1. The van der Waals surface area contributed by atoms with E-state index in [4.69, 9.17) is 9.47 Å². The van der Waals surface area contributed by atoms with Crippen molar-refractivity contribution >= 4 is 17.1 Å². The first-order chi connectivity index (χ1) is 9.35. The second kappa shape index (κ2) is 5.10. The Balaban J connectivity index is 1.78. The van der Waals surface area contributed by atoms with E-state index in [1.54, 1.807) is 0 Å². The zero-order valence-corrected chi connectivity index (χ0v) is 10.8. The van der Waals surface area contributed by atoms with Gasteiger partial charge in [0.2, 0.25) is 0 Å². The van der Waals surface area contributed by atoms with Gasteiger partial charge in [0.25, 0.3) is 0 Å². The Morgan fingerprint density at radius 1 is 0.789 bits per heavy atom. The highest BCUT2D eigenvalue weighted by Gasteiger charge is 2.11. The van der Waals surface area contributed by atoms with Gasteiger partial charge in [0.05, 0.1) is 0 Å². The lowest BCUT2D eigenvalue weighted by atomic mass is 10.2. The first-order valence-electron chi connectivity index (χ1n) is 6.29. The first-order valence-corrected chi connectivity index (χ1v) is 6.29. The van der Waals surface area contributed by atoms with Gasteiger partial charge in [0.15, 0.2) is 11.5 Å². The molecule has 0 unspecified atom stereocenters. The fourth-order valence-corrected chi connectivity index (χ4v) is 2.01. The molecule has 0 atom stereocenters. The summed E-state index contributed by atoms with van der Waals surface area (Å²) in [5.41, 5.74) is 3.12. The fourth-order valence-electron chi connectivity index (χ4n) is 2.01. The van der Waals surface area contributed by atoms with E-state index < -0.39 is 0 Å². The number of hydrogen-bond donors (Lipinski definition) is 2. The Kier molecular flexibility index (Phi) is 3.14. The molecule has 0 saturated carbocycles. The van der Waals surface area contributed by atoms with Crippen LogP contribution in [0.5, 0.6) is 11.5 Å². The molecule has 2 aromatic rings. The van der Waals surface area contributed by atoms with Crippen LogP contribution < -0.4 is 20.1 Å². The Bertz CT molecular complexity index is 567. The number of benzene rings is 2. The van der Waals surface area contributed by atoms with Crippen LogP contribution in [0.1, 0.15) is 0 Å². The summed E-state index contributed by atoms with van der Waals surface area (Å²) in [6.07, 6.45) is 0. The zero-order chi connectivity index (χ0) is 13.1. The lowest BCUT2D eigenvalue weighted by molar-refractivity contribution is 0.171. The number of hydrogen-bond acceptors (Lipinski definition) is 4. The van der Waals surface area contributed by atoms with Crippen LogP contribution in [0.15, 0.2) is 42.5 Å². The first kappa shape index (κ1) is 11.7. The van der Waals surface area contributed by atoms with E-state index >= 15 is 0 Å². The molecule has 1 heterocycles. The van der Waals surface area contributed by atoms with Crippen LogP contribution in [-0.2, 0) is 0 Å².